The van der Waals surface area contributed by atoms with Crippen molar-refractivity contribution < 1.29 is 13.6 Å². The van der Waals surface area contributed by atoms with Crippen LogP contribution in [0.5, 0.6) is 0 Å². The van der Waals surface area contributed by atoms with Crippen molar-refractivity contribution in [2.75, 3.05) is 13.1 Å². The van der Waals surface area contributed by atoms with Crippen molar-refractivity contribution in [3.05, 3.63) is 65.1 Å². The summed E-state index contributed by atoms with van der Waals surface area (Å²) in [6, 6.07) is 7.46. The van der Waals surface area contributed by atoms with Crippen LogP contribution in [0, 0.1) is 0 Å². The number of thiazole rings is 1. The van der Waals surface area contributed by atoms with Gasteiger partial charge in [0.05, 0.1) is 35.0 Å². The molecule has 1 N–H and O–H groups in total. The SMILES string of the molecule is O=C(NN1CCCC(n2c(-c3ccccn3)nc3cnc(-n4nccn4)cc32)C1)c1ncc(C(F)F)s1. The number of aromatic nitrogens is 8. The Balaban J connectivity index is 1.34. The highest BCUT2D eigenvalue weighted by Gasteiger charge is 2.28. The van der Waals surface area contributed by atoms with Crippen molar-refractivity contribution in [2.24, 2.45) is 0 Å². The van der Waals surface area contributed by atoms with Gasteiger partial charge in [0, 0.05) is 31.5 Å². The minimum atomic E-state index is -2.66. The van der Waals surface area contributed by atoms with Gasteiger partial charge in [-0.05, 0) is 25.0 Å². The van der Waals surface area contributed by atoms with Gasteiger partial charge in [-0.15, -0.1) is 16.1 Å². The second-order valence-electron chi connectivity index (χ2n) is 8.42. The molecule has 6 heterocycles. The number of nitrogens with one attached hydrogen (secondary N) is 1. The fourth-order valence-electron chi connectivity index (χ4n) is 4.43. The summed E-state index contributed by atoms with van der Waals surface area (Å²) in [5.41, 5.74) is 5.07. The van der Waals surface area contributed by atoms with Crippen molar-refractivity contribution in [3.63, 3.8) is 0 Å². The highest BCUT2D eigenvalue weighted by molar-refractivity contribution is 7.13. The fourth-order valence-corrected chi connectivity index (χ4v) is 5.09. The van der Waals surface area contributed by atoms with E-state index >= 15 is 0 Å². The Hall–Kier alpha value is -4.17. The Kier molecular flexibility index (Phi) is 6.10. The molecule has 1 unspecified atom stereocenters. The average Bonchev–Trinajstić information content (AvgIpc) is 3.69. The van der Waals surface area contributed by atoms with Crippen molar-refractivity contribution in [1.82, 2.24) is 49.9 Å². The van der Waals surface area contributed by atoms with Gasteiger partial charge in [-0.1, -0.05) is 6.07 Å². The lowest BCUT2D eigenvalue weighted by Gasteiger charge is -2.34. The molecule has 0 aliphatic carbocycles. The molecule has 11 nitrogen and oxygen atoms in total. The number of piperidine rings is 1. The third-order valence-corrected chi connectivity index (χ3v) is 7.04. The summed E-state index contributed by atoms with van der Waals surface area (Å²) in [4.78, 5) is 31.6. The van der Waals surface area contributed by atoms with E-state index < -0.39 is 12.3 Å². The van der Waals surface area contributed by atoms with Gasteiger partial charge in [0.2, 0.25) is 0 Å². The molecule has 5 aromatic heterocycles. The van der Waals surface area contributed by atoms with Crippen LogP contribution in [0.4, 0.5) is 8.78 Å². The summed E-state index contributed by atoms with van der Waals surface area (Å²) >= 11 is 0.694. The number of hydrogen-bond donors (Lipinski definition) is 1. The van der Waals surface area contributed by atoms with E-state index in [1.165, 1.54) is 4.80 Å². The largest absolute Gasteiger partial charge is 0.318 e. The first-order valence-corrected chi connectivity index (χ1v) is 12.3. The lowest BCUT2D eigenvalue weighted by Crippen LogP contribution is -2.48. The number of amides is 1. The van der Waals surface area contributed by atoms with Crippen molar-refractivity contribution >= 4 is 28.3 Å². The summed E-state index contributed by atoms with van der Waals surface area (Å²) in [6.07, 6.45) is 6.57. The van der Waals surface area contributed by atoms with Gasteiger partial charge >= 0.3 is 0 Å². The van der Waals surface area contributed by atoms with E-state index in [-0.39, 0.29) is 15.9 Å². The van der Waals surface area contributed by atoms with Crippen LogP contribution in [0.1, 0.15) is 40.0 Å². The minimum absolute atomic E-state index is 0.00196. The number of carbonyl (C=O) groups is 1. The van der Waals surface area contributed by atoms with Gasteiger partial charge in [0.15, 0.2) is 16.6 Å². The van der Waals surface area contributed by atoms with Crippen LogP contribution in [0.2, 0.25) is 0 Å². The van der Waals surface area contributed by atoms with Crippen LogP contribution < -0.4 is 5.43 Å². The number of pyridine rings is 2. The zero-order chi connectivity index (χ0) is 25.4. The van der Waals surface area contributed by atoms with Gasteiger partial charge in [-0.3, -0.25) is 15.2 Å². The average molecular weight is 523 g/mol. The van der Waals surface area contributed by atoms with Gasteiger partial charge in [0.25, 0.3) is 12.3 Å². The van der Waals surface area contributed by atoms with Crippen LogP contribution in [-0.2, 0) is 0 Å². The molecular formula is C23H20F2N10OS. The maximum atomic E-state index is 12.9. The van der Waals surface area contributed by atoms with Crippen molar-refractivity contribution in [1.29, 1.82) is 0 Å². The number of hydrogen-bond acceptors (Lipinski definition) is 9. The molecule has 14 heteroatoms. The second-order valence-corrected chi connectivity index (χ2v) is 9.48. The van der Waals surface area contributed by atoms with Crippen LogP contribution >= 0.6 is 11.3 Å². The highest BCUT2D eigenvalue weighted by Crippen LogP contribution is 2.32. The molecule has 0 saturated carbocycles. The van der Waals surface area contributed by atoms with E-state index in [4.69, 9.17) is 4.98 Å². The fraction of sp³-hybridized carbons (Fsp3) is 0.261. The molecule has 0 radical (unpaired) electrons. The number of rotatable bonds is 6. The Bertz CT molecular complexity index is 1540. The predicted octanol–water partition coefficient (Wildman–Crippen LogP) is 3.45. The zero-order valence-corrected chi connectivity index (χ0v) is 20.1. The van der Waals surface area contributed by atoms with Crippen LogP contribution in [-0.4, -0.2) is 63.5 Å². The number of nitrogens with zero attached hydrogens (tertiary/aromatic N) is 9. The third kappa shape index (κ3) is 4.56. The van der Waals surface area contributed by atoms with E-state index in [9.17, 15) is 13.6 Å². The molecule has 188 valence electrons. The molecule has 1 atom stereocenters. The Morgan fingerprint density at radius 2 is 1.97 bits per heavy atom. The lowest BCUT2D eigenvalue weighted by atomic mass is 10.1. The van der Waals surface area contributed by atoms with Gasteiger partial charge in [-0.25, -0.2) is 28.7 Å². The molecule has 5 aromatic rings. The van der Waals surface area contributed by atoms with Crippen LogP contribution in [0.3, 0.4) is 0 Å². The van der Waals surface area contributed by atoms with Crippen molar-refractivity contribution in [2.45, 2.75) is 25.3 Å². The maximum Gasteiger partial charge on any atom is 0.294 e. The zero-order valence-electron chi connectivity index (χ0n) is 19.3. The summed E-state index contributed by atoms with van der Waals surface area (Å²) in [5, 5.41) is 10.2. The number of imidazole rings is 1. The highest BCUT2D eigenvalue weighted by atomic mass is 32.1. The normalized spacial score (nSPS) is 16.5. The molecule has 1 saturated heterocycles. The smallest absolute Gasteiger partial charge is 0.294 e. The molecule has 6 rings (SSSR count). The summed E-state index contributed by atoms with van der Waals surface area (Å²) < 4.78 is 28.0. The first-order valence-electron chi connectivity index (χ1n) is 11.5. The van der Waals surface area contributed by atoms with E-state index in [0.29, 0.717) is 47.3 Å². The molecule has 37 heavy (non-hydrogen) atoms. The molecule has 1 aliphatic rings. The first kappa shape index (κ1) is 23.2. The summed E-state index contributed by atoms with van der Waals surface area (Å²) in [7, 11) is 0. The second kappa shape index (κ2) is 9.71. The van der Waals surface area contributed by atoms with Crippen LogP contribution in [0.15, 0.2) is 55.2 Å². The van der Waals surface area contributed by atoms with Crippen molar-refractivity contribution in [3.8, 4) is 17.3 Å². The van der Waals surface area contributed by atoms with Gasteiger partial charge < -0.3 is 4.57 Å². The van der Waals surface area contributed by atoms with Gasteiger partial charge in [-0.2, -0.15) is 10.2 Å². The van der Waals surface area contributed by atoms with Crippen LogP contribution in [0.25, 0.3) is 28.4 Å². The maximum absolute atomic E-state index is 12.9. The summed E-state index contributed by atoms with van der Waals surface area (Å²) in [5.74, 6) is 0.725. The molecule has 0 bridgehead atoms. The Morgan fingerprint density at radius 1 is 1.11 bits per heavy atom. The molecule has 1 aliphatic heterocycles. The quantitative estimate of drug-likeness (QED) is 0.360. The lowest BCUT2D eigenvalue weighted by molar-refractivity contribution is 0.0692. The van der Waals surface area contributed by atoms with E-state index in [2.05, 4.69) is 35.1 Å². The molecule has 1 amide bonds. The minimum Gasteiger partial charge on any atom is -0.318 e. The number of fused-ring (bicyclic) bond motifs is 1. The number of hydrazine groups is 1. The molecular weight excluding hydrogens is 502 g/mol. The Labute approximate surface area is 212 Å². The monoisotopic (exact) mass is 522 g/mol. The number of halogens is 2. The topological polar surface area (TPSA) is 120 Å². The van der Waals surface area contributed by atoms with E-state index in [0.717, 1.165) is 24.6 Å². The van der Waals surface area contributed by atoms with Gasteiger partial charge in [0.1, 0.15) is 11.2 Å². The third-order valence-electron chi connectivity index (χ3n) is 6.03. The number of alkyl halides is 2. The van der Waals surface area contributed by atoms with E-state index in [1.54, 1.807) is 29.8 Å². The molecule has 1 fully saturated rings. The van der Waals surface area contributed by atoms with E-state index in [1.807, 2.05) is 24.3 Å². The Morgan fingerprint density at radius 3 is 2.73 bits per heavy atom. The first-order chi connectivity index (χ1) is 18.1. The number of carbonyl (C=O) groups excluding carboxylic acids is 1. The predicted molar refractivity (Wildman–Crippen MR) is 130 cm³/mol. The molecule has 0 aromatic carbocycles. The standard InChI is InChI=1S/C23H20F2N10OS/c24-20(25)18-12-28-23(37-18)22(36)32-33-9-3-4-14(13-33)34-17-10-19(35-29-7-8-30-35)27-11-16(17)31-21(34)15-5-1-2-6-26-15/h1-2,5-8,10-12,14,20H,3-4,9,13H2,(H,32,36). The summed E-state index contributed by atoms with van der Waals surface area (Å²) in [6.45, 7) is 1.09. The molecule has 0 spiro atoms.